The van der Waals surface area contributed by atoms with Crippen LogP contribution in [-0.2, 0) is 0 Å². The maximum absolute atomic E-state index is 3.75. The quantitative estimate of drug-likeness (QED) is 0.788. The summed E-state index contributed by atoms with van der Waals surface area (Å²) in [6, 6.07) is 12.0. The Labute approximate surface area is 124 Å². The van der Waals surface area contributed by atoms with Crippen LogP contribution in [0.4, 0.5) is 0 Å². The fourth-order valence-corrected chi connectivity index (χ4v) is 3.63. The Hall–Kier alpha value is -0.820. The van der Waals surface area contributed by atoms with Crippen LogP contribution in [0.15, 0.2) is 30.3 Å². The molecule has 0 amide bonds. The van der Waals surface area contributed by atoms with Crippen LogP contribution in [0.1, 0.15) is 63.4 Å². The molecule has 1 nitrogen and oxygen atoms in total. The van der Waals surface area contributed by atoms with E-state index in [0.717, 1.165) is 23.8 Å². The van der Waals surface area contributed by atoms with Gasteiger partial charge in [-0.1, -0.05) is 62.9 Å². The molecule has 2 fully saturated rings. The third kappa shape index (κ3) is 4.09. The van der Waals surface area contributed by atoms with Gasteiger partial charge in [-0.15, -0.1) is 0 Å². The summed E-state index contributed by atoms with van der Waals surface area (Å²) < 4.78 is 0. The summed E-state index contributed by atoms with van der Waals surface area (Å²) in [4.78, 5) is 0. The van der Waals surface area contributed by atoms with E-state index >= 15 is 0 Å². The van der Waals surface area contributed by atoms with Gasteiger partial charge in [0.15, 0.2) is 0 Å². The highest BCUT2D eigenvalue weighted by Crippen LogP contribution is 2.35. The molecule has 1 aromatic carbocycles. The third-order valence-corrected chi connectivity index (χ3v) is 5.25. The number of hydrogen-bond acceptors (Lipinski definition) is 1. The van der Waals surface area contributed by atoms with Crippen molar-refractivity contribution in [2.24, 2.45) is 11.8 Å². The van der Waals surface area contributed by atoms with Gasteiger partial charge in [0.25, 0.3) is 0 Å². The average molecular weight is 271 g/mol. The van der Waals surface area contributed by atoms with Crippen molar-refractivity contribution < 1.29 is 0 Å². The second-order valence-corrected chi connectivity index (χ2v) is 7.15. The molecule has 1 aromatic rings. The zero-order valence-corrected chi connectivity index (χ0v) is 12.9. The fourth-order valence-electron chi connectivity index (χ4n) is 3.63. The summed E-state index contributed by atoms with van der Waals surface area (Å²) in [7, 11) is 0. The standard InChI is InChI=1S/C19H29N/c1-15-7-9-16(10-8-15)13-18(14-20-19-11-12-19)17-5-3-2-4-6-17/h2-6,15-16,18-20H,7-14H2,1H3. The maximum atomic E-state index is 3.75. The molecule has 0 radical (unpaired) electrons. The molecule has 0 saturated heterocycles. The summed E-state index contributed by atoms with van der Waals surface area (Å²) in [5.74, 6) is 2.64. The molecule has 0 aliphatic heterocycles. The Bertz CT molecular complexity index is 387. The van der Waals surface area contributed by atoms with Crippen molar-refractivity contribution in [3.63, 3.8) is 0 Å². The molecule has 0 bridgehead atoms. The van der Waals surface area contributed by atoms with Crippen LogP contribution in [0.5, 0.6) is 0 Å². The van der Waals surface area contributed by atoms with Crippen LogP contribution in [0.2, 0.25) is 0 Å². The molecule has 2 aliphatic carbocycles. The Morgan fingerprint density at radius 1 is 1.00 bits per heavy atom. The van der Waals surface area contributed by atoms with Crippen LogP contribution in [0.3, 0.4) is 0 Å². The van der Waals surface area contributed by atoms with Crippen molar-refractivity contribution >= 4 is 0 Å². The molecule has 0 spiro atoms. The Balaban J connectivity index is 1.59. The predicted molar refractivity (Wildman–Crippen MR) is 85.9 cm³/mol. The first kappa shape index (κ1) is 14.1. The Morgan fingerprint density at radius 2 is 1.70 bits per heavy atom. The van der Waals surface area contributed by atoms with Gasteiger partial charge in [-0.25, -0.2) is 0 Å². The monoisotopic (exact) mass is 271 g/mol. The van der Waals surface area contributed by atoms with Gasteiger partial charge in [0, 0.05) is 12.6 Å². The highest BCUT2D eigenvalue weighted by atomic mass is 14.9. The molecule has 20 heavy (non-hydrogen) atoms. The van der Waals surface area contributed by atoms with E-state index in [1.54, 1.807) is 5.56 Å². The summed E-state index contributed by atoms with van der Waals surface area (Å²) >= 11 is 0. The lowest BCUT2D eigenvalue weighted by atomic mass is 9.77. The number of nitrogens with one attached hydrogen (secondary N) is 1. The first-order chi connectivity index (χ1) is 9.81. The Kier molecular flexibility index (Phi) is 4.77. The lowest BCUT2D eigenvalue weighted by molar-refractivity contribution is 0.262. The van der Waals surface area contributed by atoms with E-state index in [1.165, 1.54) is 51.5 Å². The molecule has 1 unspecified atom stereocenters. The van der Waals surface area contributed by atoms with Crippen LogP contribution in [0.25, 0.3) is 0 Å². The fraction of sp³-hybridized carbons (Fsp3) is 0.684. The molecular formula is C19H29N. The molecule has 2 aliphatic rings. The van der Waals surface area contributed by atoms with Crippen LogP contribution >= 0.6 is 0 Å². The Morgan fingerprint density at radius 3 is 2.35 bits per heavy atom. The smallest absolute Gasteiger partial charge is 0.00684 e. The van der Waals surface area contributed by atoms with Crippen molar-refractivity contribution in [1.82, 2.24) is 5.32 Å². The lowest BCUT2D eigenvalue weighted by Crippen LogP contribution is -2.26. The van der Waals surface area contributed by atoms with Gasteiger partial charge in [-0.3, -0.25) is 0 Å². The minimum Gasteiger partial charge on any atom is -0.313 e. The summed E-state index contributed by atoms with van der Waals surface area (Å²) in [5, 5.41) is 3.75. The highest BCUT2D eigenvalue weighted by Gasteiger charge is 2.25. The minimum atomic E-state index is 0.718. The van der Waals surface area contributed by atoms with E-state index in [2.05, 4.69) is 42.6 Å². The number of hydrogen-bond donors (Lipinski definition) is 1. The van der Waals surface area contributed by atoms with Gasteiger partial charge in [0.05, 0.1) is 0 Å². The zero-order chi connectivity index (χ0) is 13.8. The van der Waals surface area contributed by atoms with Gasteiger partial charge >= 0.3 is 0 Å². The molecule has 1 heteroatoms. The molecule has 1 N–H and O–H groups in total. The average Bonchev–Trinajstić information content (AvgIpc) is 3.31. The van der Waals surface area contributed by atoms with Gasteiger partial charge in [-0.05, 0) is 42.6 Å². The van der Waals surface area contributed by atoms with Crippen LogP contribution in [0, 0.1) is 11.8 Å². The SMILES string of the molecule is CC1CCC(CC(CNC2CC2)c2ccccc2)CC1. The normalized spacial score (nSPS) is 28.2. The van der Waals surface area contributed by atoms with Gasteiger partial charge in [0.1, 0.15) is 0 Å². The van der Waals surface area contributed by atoms with E-state index < -0.39 is 0 Å². The van der Waals surface area contributed by atoms with Gasteiger partial charge < -0.3 is 5.32 Å². The first-order valence-electron chi connectivity index (χ1n) is 8.59. The molecule has 2 saturated carbocycles. The second kappa shape index (κ2) is 6.76. The minimum absolute atomic E-state index is 0.718. The maximum Gasteiger partial charge on any atom is 0.00684 e. The van der Waals surface area contributed by atoms with Gasteiger partial charge in [0.2, 0.25) is 0 Å². The largest absolute Gasteiger partial charge is 0.313 e. The summed E-state index contributed by atoms with van der Waals surface area (Å²) in [5.41, 5.74) is 1.54. The van der Waals surface area contributed by atoms with Crippen molar-refractivity contribution in [2.45, 2.75) is 63.8 Å². The molecule has 1 atom stereocenters. The summed E-state index contributed by atoms with van der Waals surface area (Å²) in [6.45, 7) is 3.60. The van der Waals surface area contributed by atoms with Crippen molar-refractivity contribution in [1.29, 1.82) is 0 Å². The van der Waals surface area contributed by atoms with E-state index in [4.69, 9.17) is 0 Å². The number of benzene rings is 1. The number of rotatable bonds is 6. The highest BCUT2D eigenvalue weighted by molar-refractivity contribution is 5.20. The van der Waals surface area contributed by atoms with Crippen LogP contribution in [-0.4, -0.2) is 12.6 Å². The van der Waals surface area contributed by atoms with Crippen molar-refractivity contribution in [2.75, 3.05) is 6.54 Å². The third-order valence-electron chi connectivity index (χ3n) is 5.25. The second-order valence-electron chi connectivity index (χ2n) is 7.15. The van der Waals surface area contributed by atoms with Crippen molar-refractivity contribution in [3.05, 3.63) is 35.9 Å². The molecule has 0 aromatic heterocycles. The van der Waals surface area contributed by atoms with E-state index in [-0.39, 0.29) is 0 Å². The summed E-state index contributed by atoms with van der Waals surface area (Å²) in [6.07, 6.45) is 9.97. The molecule has 0 heterocycles. The van der Waals surface area contributed by atoms with E-state index in [9.17, 15) is 0 Å². The van der Waals surface area contributed by atoms with E-state index in [0.29, 0.717) is 0 Å². The topological polar surface area (TPSA) is 12.0 Å². The predicted octanol–water partition coefficient (Wildman–Crippen LogP) is 4.74. The lowest BCUT2D eigenvalue weighted by Gasteiger charge is -2.30. The van der Waals surface area contributed by atoms with E-state index in [1.807, 2.05) is 0 Å². The van der Waals surface area contributed by atoms with Gasteiger partial charge in [-0.2, -0.15) is 0 Å². The van der Waals surface area contributed by atoms with Crippen molar-refractivity contribution in [3.8, 4) is 0 Å². The first-order valence-corrected chi connectivity index (χ1v) is 8.59. The molecule has 3 rings (SSSR count). The van der Waals surface area contributed by atoms with Crippen LogP contribution < -0.4 is 5.32 Å². The zero-order valence-electron chi connectivity index (χ0n) is 12.9. The molecular weight excluding hydrogens is 242 g/mol. The molecule has 110 valence electrons.